The van der Waals surface area contributed by atoms with Crippen molar-refractivity contribution in [2.45, 2.75) is 6.42 Å². The Morgan fingerprint density at radius 2 is 2.33 bits per heavy atom. The van der Waals surface area contributed by atoms with Crippen molar-refractivity contribution in [3.63, 3.8) is 0 Å². The maximum Gasteiger partial charge on any atom is 0.312 e. The molecule has 4 N–H and O–H groups in total. The zero-order chi connectivity index (χ0) is 7.28. The van der Waals surface area contributed by atoms with E-state index in [1.807, 2.05) is 0 Å². The van der Waals surface area contributed by atoms with E-state index in [2.05, 4.69) is 13.6 Å². The highest BCUT2D eigenvalue weighted by Crippen LogP contribution is 1.90. The molecule has 0 rings (SSSR count). The van der Waals surface area contributed by atoms with Gasteiger partial charge in [0, 0.05) is 5.57 Å². The zero-order valence-corrected chi connectivity index (χ0v) is 5.39. The Kier molecular flexibility index (Phi) is 3.92. The lowest BCUT2D eigenvalue weighted by Crippen LogP contribution is -2.81. The topological polar surface area (TPSA) is 59.7 Å². The molecule has 0 aromatic rings. The van der Waals surface area contributed by atoms with Gasteiger partial charge in [-0.15, -0.1) is 7.05 Å². The third-order valence-electron chi connectivity index (χ3n) is 0.980. The van der Waals surface area contributed by atoms with Crippen LogP contribution in [-0.2, 0) is 4.79 Å². The molecule has 0 saturated heterocycles. The molecule has 0 aromatic carbocycles. The second kappa shape index (κ2) is 4.23. The van der Waals surface area contributed by atoms with Gasteiger partial charge in [0.25, 0.3) is 0 Å². The number of quaternary nitrogens is 1. The van der Waals surface area contributed by atoms with Crippen LogP contribution in [0.25, 0.3) is 0 Å². The van der Waals surface area contributed by atoms with Crippen molar-refractivity contribution >= 4 is 5.91 Å². The summed E-state index contributed by atoms with van der Waals surface area (Å²) in [4.78, 5) is 10.6. The first kappa shape index (κ1) is 8.33. The van der Waals surface area contributed by atoms with Crippen LogP contribution in [0.5, 0.6) is 0 Å². The number of hydrogen-bond donors (Lipinski definition) is 2. The predicted molar refractivity (Wildman–Crippen MR) is 35.1 cm³/mol. The van der Waals surface area contributed by atoms with E-state index in [9.17, 15) is 4.79 Å². The van der Waals surface area contributed by atoms with E-state index in [1.165, 1.54) is 5.32 Å². The summed E-state index contributed by atoms with van der Waals surface area (Å²) in [5, 5.41) is 1.25. The highest BCUT2D eigenvalue weighted by molar-refractivity contribution is 5.84. The quantitative estimate of drug-likeness (QED) is 0.369. The molecular weight excluding hydrogens is 116 g/mol. The van der Waals surface area contributed by atoms with Gasteiger partial charge < -0.3 is 11.1 Å². The molecular formula is C6H12N2O. The summed E-state index contributed by atoms with van der Waals surface area (Å²) in [5.74, 6) is -0.111. The maximum atomic E-state index is 10.6. The van der Waals surface area contributed by atoms with Gasteiger partial charge in [-0.25, -0.2) is 4.79 Å². The molecule has 0 radical (unpaired) electrons. The van der Waals surface area contributed by atoms with Gasteiger partial charge in [0.1, 0.15) is 0 Å². The van der Waals surface area contributed by atoms with Crippen LogP contribution in [0.4, 0.5) is 0 Å². The van der Waals surface area contributed by atoms with Gasteiger partial charge in [0.15, 0.2) is 0 Å². The SMILES string of the molecule is C=C(CCN)C(=O)[NH2+][CH2-]. The van der Waals surface area contributed by atoms with Crippen LogP contribution in [0.2, 0.25) is 0 Å². The Bertz CT molecular complexity index is 120. The molecule has 3 nitrogen and oxygen atoms in total. The highest BCUT2D eigenvalue weighted by Gasteiger charge is 2.02. The zero-order valence-electron chi connectivity index (χ0n) is 5.39. The first-order valence-corrected chi connectivity index (χ1v) is 2.77. The van der Waals surface area contributed by atoms with Crippen molar-refractivity contribution in [1.29, 1.82) is 0 Å². The molecule has 0 aliphatic heterocycles. The van der Waals surface area contributed by atoms with Crippen LogP contribution >= 0.6 is 0 Å². The van der Waals surface area contributed by atoms with Gasteiger partial charge in [-0.1, -0.05) is 6.58 Å². The second-order valence-corrected chi connectivity index (χ2v) is 1.71. The van der Waals surface area contributed by atoms with Crippen LogP contribution in [0.3, 0.4) is 0 Å². The lowest BCUT2D eigenvalue weighted by molar-refractivity contribution is -0.503. The number of primary amides is 1. The third kappa shape index (κ3) is 3.00. The molecule has 0 fully saturated rings. The van der Waals surface area contributed by atoms with Gasteiger partial charge in [-0.05, 0) is 13.0 Å². The Balaban J connectivity index is 3.60. The summed E-state index contributed by atoms with van der Waals surface area (Å²) in [6.45, 7) is 3.99. The normalized spacial score (nSPS) is 9.11. The monoisotopic (exact) mass is 128 g/mol. The molecule has 0 unspecified atom stereocenters. The average molecular weight is 128 g/mol. The predicted octanol–water partition coefficient (Wildman–Crippen LogP) is -1.23. The minimum Gasteiger partial charge on any atom is -0.411 e. The van der Waals surface area contributed by atoms with E-state index < -0.39 is 0 Å². The summed E-state index contributed by atoms with van der Waals surface area (Å²) in [6, 6.07) is 0. The summed E-state index contributed by atoms with van der Waals surface area (Å²) in [5.41, 5.74) is 5.71. The van der Waals surface area contributed by atoms with Crippen LogP contribution in [-0.4, -0.2) is 12.5 Å². The summed E-state index contributed by atoms with van der Waals surface area (Å²) >= 11 is 0. The smallest absolute Gasteiger partial charge is 0.312 e. The molecule has 9 heavy (non-hydrogen) atoms. The van der Waals surface area contributed by atoms with Gasteiger partial charge in [-0.3, -0.25) is 0 Å². The summed E-state index contributed by atoms with van der Waals surface area (Å²) < 4.78 is 0. The molecule has 0 spiro atoms. The Morgan fingerprint density at radius 3 is 2.67 bits per heavy atom. The van der Waals surface area contributed by atoms with Crippen molar-refractivity contribution in [1.82, 2.24) is 0 Å². The highest BCUT2D eigenvalue weighted by atomic mass is 16.1. The Labute approximate surface area is 54.9 Å². The molecule has 1 amide bonds. The molecule has 0 atom stereocenters. The van der Waals surface area contributed by atoms with Gasteiger partial charge >= 0.3 is 5.91 Å². The Morgan fingerprint density at radius 1 is 1.78 bits per heavy atom. The lowest BCUT2D eigenvalue weighted by atomic mass is 10.2. The van der Waals surface area contributed by atoms with E-state index >= 15 is 0 Å². The fourth-order valence-electron chi connectivity index (χ4n) is 0.442. The van der Waals surface area contributed by atoms with Gasteiger partial charge in [0.05, 0.1) is 0 Å². The van der Waals surface area contributed by atoms with E-state index in [1.54, 1.807) is 0 Å². The standard InChI is InChI=1S/C6H12N2O/c1-5(3-4-7)6(9)8-2/h1-4,7-8H2. The van der Waals surface area contributed by atoms with E-state index in [4.69, 9.17) is 5.73 Å². The summed E-state index contributed by atoms with van der Waals surface area (Å²) in [6.07, 6.45) is 0.560. The van der Waals surface area contributed by atoms with Gasteiger partial charge in [-0.2, -0.15) is 0 Å². The second-order valence-electron chi connectivity index (χ2n) is 1.71. The molecule has 0 bridgehead atoms. The lowest BCUT2D eigenvalue weighted by Gasteiger charge is -1.98. The number of nitrogens with two attached hydrogens (primary N) is 2. The number of carbonyl (C=O) groups is 1. The largest absolute Gasteiger partial charge is 0.411 e. The maximum absolute atomic E-state index is 10.6. The van der Waals surface area contributed by atoms with Crippen molar-refractivity contribution in [3.05, 3.63) is 19.2 Å². The molecule has 0 aliphatic rings. The fraction of sp³-hybridized carbons (Fsp3) is 0.333. The molecule has 52 valence electrons. The van der Waals surface area contributed by atoms with E-state index in [0.717, 1.165) is 0 Å². The summed E-state index contributed by atoms with van der Waals surface area (Å²) in [7, 11) is 3.31. The van der Waals surface area contributed by atoms with Crippen molar-refractivity contribution in [2.24, 2.45) is 5.73 Å². The average Bonchev–Trinajstić information content (AvgIpc) is 1.87. The van der Waals surface area contributed by atoms with Gasteiger partial charge in [0.2, 0.25) is 0 Å². The molecule has 0 aromatic heterocycles. The van der Waals surface area contributed by atoms with Crippen LogP contribution < -0.4 is 11.1 Å². The fourth-order valence-corrected chi connectivity index (χ4v) is 0.442. The number of rotatable bonds is 3. The molecule has 0 saturated carbocycles. The van der Waals surface area contributed by atoms with Crippen molar-refractivity contribution in [3.8, 4) is 0 Å². The van der Waals surface area contributed by atoms with Crippen molar-refractivity contribution in [2.75, 3.05) is 6.54 Å². The minimum atomic E-state index is -0.111. The third-order valence-corrected chi connectivity index (χ3v) is 0.980. The molecule has 0 heterocycles. The van der Waals surface area contributed by atoms with E-state index in [0.29, 0.717) is 18.5 Å². The van der Waals surface area contributed by atoms with Crippen LogP contribution in [0.15, 0.2) is 12.2 Å². The van der Waals surface area contributed by atoms with Crippen molar-refractivity contribution < 1.29 is 10.1 Å². The number of carbonyl (C=O) groups excluding carboxylic acids is 1. The number of amides is 1. The first-order valence-electron chi connectivity index (χ1n) is 2.77. The number of hydrogen-bond acceptors (Lipinski definition) is 2. The minimum absolute atomic E-state index is 0.111. The van der Waals surface area contributed by atoms with Crippen LogP contribution in [0, 0.1) is 7.05 Å². The first-order chi connectivity index (χ1) is 4.22. The molecule has 3 heteroatoms. The molecule has 0 aliphatic carbocycles. The Hall–Kier alpha value is -0.670. The van der Waals surface area contributed by atoms with E-state index in [-0.39, 0.29) is 5.91 Å². The van der Waals surface area contributed by atoms with Crippen LogP contribution in [0.1, 0.15) is 6.42 Å².